The van der Waals surface area contributed by atoms with Crippen molar-refractivity contribution in [2.75, 3.05) is 13.1 Å². The summed E-state index contributed by atoms with van der Waals surface area (Å²) in [5.41, 5.74) is 8.02. The van der Waals surface area contributed by atoms with Crippen molar-refractivity contribution in [1.82, 2.24) is 9.47 Å². The Kier molecular flexibility index (Phi) is 4.46. The Bertz CT molecular complexity index is 746. The third-order valence-electron chi connectivity index (χ3n) is 4.81. The molecule has 1 aliphatic rings. The summed E-state index contributed by atoms with van der Waals surface area (Å²) in [5, 5.41) is 0. The number of rotatable bonds is 4. The molecular formula is C18H23N3O3. The van der Waals surface area contributed by atoms with Gasteiger partial charge in [-0.25, -0.2) is 0 Å². The summed E-state index contributed by atoms with van der Waals surface area (Å²) in [6, 6.07) is 5.68. The van der Waals surface area contributed by atoms with Crippen LogP contribution in [0.5, 0.6) is 0 Å². The number of piperidine rings is 1. The van der Waals surface area contributed by atoms with Crippen LogP contribution in [0.2, 0.25) is 0 Å². The van der Waals surface area contributed by atoms with E-state index in [1.165, 1.54) is 0 Å². The molecule has 2 aromatic rings. The number of aromatic nitrogens is 1. The molecule has 0 bridgehead atoms. The number of likely N-dealkylation sites (tertiary alicyclic amines) is 1. The number of primary amides is 1. The number of amides is 2. The first-order valence-corrected chi connectivity index (χ1v) is 8.25. The number of nitrogens with zero attached hydrogens (tertiary/aromatic N) is 2. The molecule has 2 N–H and O–H groups in total. The summed E-state index contributed by atoms with van der Waals surface area (Å²) < 4.78 is 7.48. The third-order valence-corrected chi connectivity index (χ3v) is 4.81. The summed E-state index contributed by atoms with van der Waals surface area (Å²) in [5.74, 6) is 0.257. The normalized spacial score (nSPS) is 17.9. The van der Waals surface area contributed by atoms with E-state index in [0.29, 0.717) is 25.2 Å². The van der Waals surface area contributed by atoms with Crippen molar-refractivity contribution < 1.29 is 14.0 Å². The average Bonchev–Trinajstić information content (AvgIpc) is 3.18. The van der Waals surface area contributed by atoms with Crippen molar-refractivity contribution in [2.45, 2.75) is 33.2 Å². The molecule has 3 rings (SSSR count). The van der Waals surface area contributed by atoms with Gasteiger partial charge in [0.25, 0.3) is 5.91 Å². The average molecular weight is 329 g/mol. The predicted octanol–water partition coefficient (Wildman–Crippen LogP) is 2.08. The fourth-order valence-corrected chi connectivity index (χ4v) is 3.38. The van der Waals surface area contributed by atoms with Gasteiger partial charge in [0.15, 0.2) is 0 Å². The summed E-state index contributed by atoms with van der Waals surface area (Å²) in [6.07, 6.45) is 3.22. The second-order valence-electron chi connectivity index (χ2n) is 6.44. The minimum Gasteiger partial charge on any atom is -0.467 e. The van der Waals surface area contributed by atoms with Crippen molar-refractivity contribution in [3.63, 3.8) is 0 Å². The van der Waals surface area contributed by atoms with Crippen LogP contribution in [-0.4, -0.2) is 34.4 Å². The molecular weight excluding hydrogens is 306 g/mol. The molecule has 0 radical (unpaired) electrons. The van der Waals surface area contributed by atoms with Crippen LogP contribution in [0.4, 0.5) is 0 Å². The minimum absolute atomic E-state index is 0.0280. The lowest BCUT2D eigenvalue weighted by Gasteiger charge is -2.31. The van der Waals surface area contributed by atoms with Gasteiger partial charge in [0.1, 0.15) is 5.76 Å². The lowest BCUT2D eigenvalue weighted by Crippen LogP contribution is -2.44. The lowest BCUT2D eigenvalue weighted by molar-refractivity contribution is -0.123. The number of aryl methyl sites for hydroxylation is 1. The van der Waals surface area contributed by atoms with Crippen molar-refractivity contribution in [2.24, 2.45) is 11.7 Å². The molecule has 0 aromatic carbocycles. The standard InChI is InChI=1S/C18H23N3O3/c1-12-9-16(13(2)21(12)11-15-6-4-8-24-15)18(23)20-7-3-5-14(10-20)17(19)22/h4,6,8-9,14H,3,5,7,10-11H2,1-2H3,(H2,19,22). The van der Waals surface area contributed by atoms with Gasteiger partial charge in [0, 0.05) is 24.5 Å². The predicted molar refractivity (Wildman–Crippen MR) is 89.5 cm³/mol. The van der Waals surface area contributed by atoms with Crippen LogP contribution in [0.25, 0.3) is 0 Å². The maximum absolute atomic E-state index is 12.9. The molecule has 0 saturated carbocycles. The van der Waals surface area contributed by atoms with Crippen LogP contribution in [0, 0.1) is 19.8 Å². The summed E-state index contributed by atoms with van der Waals surface area (Å²) >= 11 is 0. The van der Waals surface area contributed by atoms with Gasteiger partial charge in [-0.05, 0) is 44.9 Å². The molecule has 1 atom stereocenters. The topological polar surface area (TPSA) is 81.5 Å². The van der Waals surface area contributed by atoms with Gasteiger partial charge >= 0.3 is 0 Å². The molecule has 2 aromatic heterocycles. The van der Waals surface area contributed by atoms with Crippen molar-refractivity contribution >= 4 is 11.8 Å². The van der Waals surface area contributed by atoms with Crippen LogP contribution in [0.3, 0.4) is 0 Å². The zero-order valence-corrected chi connectivity index (χ0v) is 14.1. The zero-order chi connectivity index (χ0) is 17.3. The summed E-state index contributed by atoms with van der Waals surface area (Å²) in [4.78, 5) is 26.1. The smallest absolute Gasteiger partial charge is 0.255 e. The van der Waals surface area contributed by atoms with Gasteiger partial charge in [-0.2, -0.15) is 0 Å². The minimum atomic E-state index is -0.323. The van der Waals surface area contributed by atoms with Gasteiger partial charge in [-0.15, -0.1) is 0 Å². The zero-order valence-electron chi connectivity index (χ0n) is 14.1. The quantitative estimate of drug-likeness (QED) is 0.932. The number of hydrogen-bond acceptors (Lipinski definition) is 3. The third kappa shape index (κ3) is 3.09. The first-order valence-electron chi connectivity index (χ1n) is 8.25. The van der Waals surface area contributed by atoms with Crippen LogP contribution >= 0.6 is 0 Å². The number of hydrogen-bond donors (Lipinski definition) is 1. The summed E-state index contributed by atoms with van der Waals surface area (Å²) in [7, 11) is 0. The number of carbonyl (C=O) groups is 2. The lowest BCUT2D eigenvalue weighted by atomic mass is 9.97. The van der Waals surface area contributed by atoms with E-state index in [9.17, 15) is 9.59 Å². The van der Waals surface area contributed by atoms with Crippen molar-refractivity contribution in [3.05, 3.63) is 47.2 Å². The van der Waals surface area contributed by atoms with E-state index in [1.807, 2.05) is 32.0 Å². The molecule has 1 unspecified atom stereocenters. The van der Waals surface area contributed by atoms with Gasteiger partial charge in [0.05, 0.1) is 24.3 Å². The Hall–Kier alpha value is -2.50. The van der Waals surface area contributed by atoms with Gasteiger partial charge in [-0.1, -0.05) is 0 Å². The molecule has 24 heavy (non-hydrogen) atoms. The maximum Gasteiger partial charge on any atom is 0.255 e. The molecule has 6 nitrogen and oxygen atoms in total. The van der Waals surface area contributed by atoms with Crippen LogP contribution in [0.1, 0.15) is 40.3 Å². The van der Waals surface area contributed by atoms with E-state index < -0.39 is 0 Å². The van der Waals surface area contributed by atoms with Crippen LogP contribution < -0.4 is 5.73 Å². The largest absolute Gasteiger partial charge is 0.467 e. The highest BCUT2D eigenvalue weighted by Gasteiger charge is 2.29. The van der Waals surface area contributed by atoms with Crippen LogP contribution in [0.15, 0.2) is 28.9 Å². The highest BCUT2D eigenvalue weighted by molar-refractivity contribution is 5.96. The fourth-order valence-electron chi connectivity index (χ4n) is 3.38. The second kappa shape index (κ2) is 6.55. The van der Waals surface area contributed by atoms with E-state index in [1.54, 1.807) is 11.2 Å². The first-order chi connectivity index (χ1) is 11.5. The van der Waals surface area contributed by atoms with E-state index in [4.69, 9.17) is 10.2 Å². The SMILES string of the molecule is Cc1cc(C(=O)N2CCCC(C(N)=O)C2)c(C)n1Cc1ccco1. The van der Waals surface area contributed by atoms with Gasteiger partial charge < -0.3 is 19.6 Å². The molecule has 0 spiro atoms. The Labute approximate surface area is 141 Å². The first kappa shape index (κ1) is 16.4. The fraction of sp³-hybridized carbons (Fsp3) is 0.444. The molecule has 0 aliphatic carbocycles. The van der Waals surface area contributed by atoms with E-state index >= 15 is 0 Å². The molecule has 1 aliphatic heterocycles. The second-order valence-corrected chi connectivity index (χ2v) is 6.44. The molecule has 2 amide bonds. The number of nitrogens with two attached hydrogens (primary N) is 1. The van der Waals surface area contributed by atoms with Crippen molar-refractivity contribution in [1.29, 1.82) is 0 Å². The van der Waals surface area contributed by atoms with Crippen LogP contribution in [-0.2, 0) is 11.3 Å². The Morgan fingerprint density at radius 2 is 2.17 bits per heavy atom. The van der Waals surface area contributed by atoms with E-state index in [-0.39, 0.29) is 17.7 Å². The Morgan fingerprint density at radius 1 is 1.38 bits per heavy atom. The molecule has 128 valence electrons. The Morgan fingerprint density at radius 3 is 2.83 bits per heavy atom. The number of carbonyl (C=O) groups excluding carboxylic acids is 2. The highest BCUT2D eigenvalue weighted by atomic mass is 16.3. The van der Waals surface area contributed by atoms with Crippen molar-refractivity contribution in [3.8, 4) is 0 Å². The summed E-state index contributed by atoms with van der Waals surface area (Å²) in [6.45, 7) is 5.61. The van der Waals surface area contributed by atoms with E-state index in [0.717, 1.165) is 30.0 Å². The van der Waals surface area contributed by atoms with Gasteiger partial charge in [-0.3, -0.25) is 9.59 Å². The van der Waals surface area contributed by atoms with E-state index in [2.05, 4.69) is 4.57 Å². The maximum atomic E-state index is 12.9. The highest BCUT2D eigenvalue weighted by Crippen LogP contribution is 2.23. The molecule has 6 heteroatoms. The Balaban J connectivity index is 1.81. The van der Waals surface area contributed by atoms with Gasteiger partial charge in [0.2, 0.25) is 5.91 Å². The monoisotopic (exact) mass is 329 g/mol. The molecule has 1 fully saturated rings. The molecule has 1 saturated heterocycles. The number of furan rings is 1. The molecule has 3 heterocycles.